The fraction of sp³-hybridized carbons (Fsp3) is 0.235. The number of thiophene rings is 1. The summed E-state index contributed by atoms with van der Waals surface area (Å²) in [5.74, 6) is 0.484. The Balaban J connectivity index is 0.00000147. The molecule has 1 atom stereocenters. The number of aryl methyl sites for hydroxylation is 1. The summed E-state index contributed by atoms with van der Waals surface area (Å²) in [6.07, 6.45) is 8.28. The van der Waals surface area contributed by atoms with Gasteiger partial charge in [0.05, 0.1) is 0 Å². The normalized spacial score (nSPS) is 16.9. The summed E-state index contributed by atoms with van der Waals surface area (Å²) in [5, 5.41) is 0. The van der Waals surface area contributed by atoms with Gasteiger partial charge in [-0.1, -0.05) is 43.3 Å². The Bertz CT molecular complexity index is 613. The lowest BCUT2D eigenvalue weighted by atomic mass is 9.95. The van der Waals surface area contributed by atoms with Crippen molar-refractivity contribution in [2.75, 3.05) is 0 Å². The van der Waals surface area contributed by atoms with Crippen LogP contribution in [0.4, 0.5) is 0 Å². The smallest absolute Gasteiger partial charge is 0.0230 e. The number of nitrogens with zero attached hydrogens (tertiary/aromatic N) is 1. The summed E-state index contributed by atoms with van der Waals surface area (Å²) in [4.78, 5) is 7.12. The van der Waals surface area contributed by atoms with Crippen LogP contribution >= 0.6 is 23.7 Å². The highest BCUT2D eigenvalue weighted by atomic mass is 35.5. The van der Waals surface area contributed by atoms with E-state index in [1.807, 2.05) is 23.8 Å². The fourth-order valence-electron chi connectivity index (χ4n) is 2.41. The second-order valence-electron chi connectivity index (χ2n) is 4.73. The topological polar surface area (TPSA) is 12.4 Å². The molecule has 2 heterocycles. The van der Waals surface area contributed by atoms with Gasteiger partial charge in [0.1, 0.15) is 0 Å². The standard InChI is InChI=1S/C17H17NS.ClH/c1-2-15-12-16(13-6-4-3-5-7-13)17(19-15)14-8-10-18-11-9-14;/h3-8,10-12,14H,2,9H2,1H3;1H. The van der Waals surface area contributed by atoms with Gasteiger partial charge in [0.15, 0.2) is 0 Å². The van der Waals surface area contributed by atoms with Gasteiger partial charge in [-0.05, 0) is 30.0 Å². The zero-order valence-electron chi connectivity index (χ0n) is 11.5. The molecule has 0 spiro atoms. The lowest BCUT2D eigenvalue weighted by Crippen LogP contribution is -1.98. The molecule has 0 radical (unpaired) electrons. The average molecular weight is 304 g/mol. The van der Waals surface area contributed by atoms with Gasteiger partial charge >= 0.3 is 0 Å². The van der Waals surface area contributed by atoms with Gasteiger partial charge in [0, 0.05) is 28.1 Å². The van der Waals surface area contributed by atoms with Gasteiger partial charge < -0.3 is 0 Å². The molecule has 0 amide bonds. The van der Waals surface area contributed by atoms with E-state index < -0.39 is 0 Å². The molecule has 0 aliphatic carbocycles. The molecule has 1 unspecified atom stereocenters. The van der Waals surface area contributed by atoms with Crippen molar-refractivity contribution >= 4 is 30.0 Å². The average Bonchev–Trinajstić information content (AvgIpc) is 2.93. The molecule has 1 aromatic heterocycles. The number of rotatable bonds is 3. The molecular formula is C17H18ClNS. The van der Waals surface area contributed by atoms with Gasteiger partial charge in [0.25, 0.3) is 0 Å². The van der Waals surface area contributed by atoms with Crippen LogP contribution in [0.5, 0.6) is 0 Å². The number of aliphatic imine (C=N–C) groups is 1. The van der Waals surface area contributed by atoms with Gasteiger partial charge in [-0.15, -0.1) is 23.7 Å². The fourth-order valence-corrected chi connectivity index (χ4v) is 3.63. The summed E-state index contributed by atoms with van der Waals surface area (Å²) in [6.45, 7) is 2.22. The summed E-state index contributed by atoms with van der Waals surface area (Å²) >= 11 is 1.95. The Kier molecular flexibility index (Phi) is 5.16. The molecule has 0 bridgehead atoms. The van der Waals surface area contributed by atoms with E-state index >= 15 is 0 Å². The van der Waals surface area contributed by atoms with Crippen LogP contribution in [0.25, 0.3) is 11.1 Å². The van der Waals surface area contributed by atoms with Crippen LogP contribution in [0.15, 0.2) is 53.7 Å². The summed E-state index contributed by atoms with van der Waals surface area (Å²) < 4.78 is 0. The van der Waals surface area contributed by atoms with Gasteiger partial charge in [-0.2, -0.15) is 0 Å². The molecule has 0 fully saturated rings. The molecule has 2 aromatic rings. The van der Waals surface area contributed by atoms with Crippen LogP contribution in [-0.2, 0) is 6.42 Å². The predicted octanol–water partition coefficient (Wildman–Crippen LogP) is 5.47. The molecule has 1 nitrogen and oxygen atoms in total. The first kappa shape index (κ1) is 15.0. The van der Waals surface area contributed by atoms with Crippen molar-refractivity contribution in [1.29, 1.82) is 0 Å². The quantitative estimate of drug-likeness (QED) is 0.713. The molecule has 1 aliphatic heterocycles. The maximum atomic E-state index is 4.18. The van der Waals surface area contributed by atoms with Crippen LogP contribution in [-0.4, -0.2) is 6.21 Å². The Hall–Kier alpha value is -1.38. The first-order valence-corrected chi connectivity index (χ1v) is 7.56. The number of hydrogen-bond acceptors (Lipinski definition) is 2. The van der Waals surface area contributed by atoms with Gasteiger partial charge in [-0.3, -0.25) is 4.99 Å². The van der Waals surface area contributed by atoms with E-state index in [1.54, 1.807) is 0 Å². The minimum absolute atomic E-state index is 0. The summed E-state index contributed by atoms with van der Waals surface area (Å²) in [5.41, 5.74) is 2.72. The zero-order chi connectivity index (χ0) is 13.1. The first-order valence-electron chi connectivity index (χ1n) is 6.75. The Morgan fingerprint density at radius 2 is 2.05 bits per heavy atom. The van der Waals surface area contributed by atoms with Crippen LogP contribution in [0, 0.1) is 0 Å². The predicted molar refractivity (Wildman–Crippen MR) is 91.4 cm³/mol. The van der Waals surface area contributed by atoms with E-state index in [4.69, 9.17) is 0 Å². The molecule has 0 N–H and O–H groups in total. The highest BCUT2D eigenvalue weighted by Gasteiger charge is 2.18. The van der Waals surface area contributed by atoms with Crippen molar-refractivity contribution in [3.05, 3.63) is 58.4 Å². The minimum atomic E-state index is 0. The zero-order valence-corrected chi connectivity index (χ0v) is 13.1. The van der Waals surface area contributed by atoms with Crippen LogP contribution in [0.3, 0.4) is 0 Å². The van der Waals surface area contributed by atoms with Crippen molar-refractivity contribution < 1.29 is 0 Å². The van der Waals surface area contributed by atoms with Gasteiger partial charge in [0.2, 0.25) is 0 Å². The molecule has 0 saturated carbocycles. The highest BCUT2D eigenvalue weighted by Crippen LogP contribution is 2.39. The molecule has 20 heavy (non-hydrogen) atoms. The van der Waals surface area contributed by atoms with Crippen LogP contribution in [0.1, 0.15) is 29.0 Å². The molecule has 104 valence electrons. The Morgan fingerprint density at radius 1 is 1.25 bits per heavy atom. The largest absolute Gasteiger partial charge is 0.269 e. The van der Waals surface area contributed by atoms with Crippen molar-refractivity contribution in [3.8, 4) is 11.1 Å². The van der Waals surface area contributed by atoms with Crippen LogP contribution < -0.4 is 0 Å². The molecule has 3 heteroatoms. The number of halogens is 1. The minimum Gasteiger partial charge on any atom is -0.269 e. The van der Waals surface area contributed by atoms with Crippen molar-refractivity contribution in [2.24, 2.45) is 4.99 Å². The van der Waals surface area contributed by atoms with E-state index in [0.29, 0.717) is 5.92 Å². The number of benzene rings is 1. The SMILES string of the molecule is CCc1cc(-c2ccccc2)c(C2C=CN=CC2)s1.Cl. The monoisotopic (exact) mass is 303 g/mol. The second-order valence-corrected chi connectivity index (χ2v) is 5.89. The van der Waals surface area contributed by atoms with Crippen LogP contribution in [0.2, 0.25) is 0 Å². The van der Waals surface area contributed by atoms with Crippen molar-refractivity contribution in [2.45, 2.75) is 25.7 Å². The molecule has 0 saturated heterocycles. The molecule has 1 aromatic carbocycles. The third kappa shape index (κ3) is 3.02. The highest BCUT2D eigenvalue weighted by molar-refractivity contribution is 7.12. The third-order valence-electron chi connectivity index (χ3n) is 3.45. The van der Waals surface area contributed by atoms with E-state index in [0.717, 1.165) is 12.8 Å². The third-order valence-corrected chi connectivity index (χ3v) is 4.86. The lowest BCUT2D eigenvalue weighted by Gasteiger charge is -2.13. The van der Waals surface area contributed by atoms with E-state index in [9.17, 15) is 0 Å². The molecule has 3 rings (SSSR count). The Labute approximate surface area is 130 Å². The molecule has 1 aliphatic rings. The summed E-state index contributed by atoms with van der Waals surface area (Å²) in [6, 6.07) is 13.1. The maximum Gasteiger partial charge on any atom is 0.0230 e. The Morgan fingerprint density at radius 3 is 2.70 bits per heavy atom. The maximum absolute atomic E-state index is 4.18. The number of allylic oxidation sites excluding steroid dienone is 1. The van der Waals surface area contributed by atoms with E-state index in [1.165, 1.54) is 20.9 Å². The lowest BCUT2D eigenvalue weighted by molar-refractivity contribution is 0.911. The van der Waals surface area contributed by atoms with Gasteiger partial charge in [-0.25, -0.2) is 0 Å². The molecular weight excluding hydrogens is 286 g/mol. The first-order chi connectivity index (χ1) is 9.38. The number of hydrogen-bond donors (Lipinski definition) is 0. The van der Waals surface area contributed by atoms with Crippen molar-refractivity contribution in [1.82, 2.24) is 0 Å². The van der Waals surface area contributed by atoms with E-state index in [-0.39, 0.29) is 12.4 Å². The van der Waals surface area contributed by atoms with E-state index in [2.05, 4.69) is 54.4 Å². The van der Waals surface area contributed by atoms with Crippen molar-refractivity contribution in [3.63, 3.8) is 0 Å². The summed E-state index contributed by atoms with van der Waals surface area (Å²) in [7, 11) is 0. The second kappa shape index (κ2) is 6.87.